The van der Waals surface area contributed by atoms with Crippen molar-refractivity contribution in [2.24, 2.45) is 7.05 Å². The largest absolute Gasteiger partial charge is 0.368 e. The minimum atomic E-state index is -0.567. The number of fused-ring (bicyclic) bond motifs is 1. The first-order valence-corrected chi connectivity index (χ1v) is 9.58. The third-order valence-corrected chi connectivity index (χ3v) is 5.16. The molecule has 1 atom stereocenters. The van der Waals surface area contributed by atoms with Crippen LogP contribution >= 0.6 is 0 Å². The van der Waals surface area contributed by atoms with Gasteiger partial charge in [0.15, 0.2) is 5.43 Å². The fourth-order valence-electron chi connectivity index (χ4n) is 3.80. The number of nitrogens with two attached hydrogens (primary N) is 1. The summed E-state index contributed by atoms with van der Waals surface area (Å²) in [5.41, 5.74) is 7.57. The van der Waals surface area contributed by atoms with Crippen molar-refractivity contribution in [3.05, 3.63) is 81.9 Å². The number of pyridine rings is 1. The highest BCUT2D eigenvalue weighted by Crippen LogP contribution is 2.31. The molecule has 4 aromatic rings. The summed E-state index contributed by atoms with van der Waals surface area (Å²) in [4.78, 5) is 21.5. The Bertz CT molecular complexity index is 1390. The third-order valence-electron chi connectivity index (χ3n) is 5.16. The van der Waals surface area contributed by atoms with E-state index in [0.29, 0.717) is 11.3 Å². The summed E-state index contributed by atoms with van der Waals surface area (Å²) in [6, 6.07) is 15.2. The molecule has 0 saturated heterocycles. The van der Waals surface area contributed by atoms with E-state index in [1.165, 1.54) is 18.3 Å². The van der Waals surface area contributed by atoms with E-state index in [2.05, 4.69) is 15.3 Å². The highest BCUT2D eigenvalue weighted by Gasteiger charge is 2.23. The number of benzene rings is 2. The zero-order valence-electron chi connectivity index (χ0n) is 16.9. The van der Waals surface area contributed by atoms with Crippen LogP contribution in [0.4, 0.5) is 16.2 Å². The SMILES string of the molecule is CC(Nc1nc(N)ncc1C#N)c1c(-c2ccccc2)n(C)c2c(F)cccc2c1=O. The molecule has 0 aliphatic rings. The number of aryl methyl sites for hydroxylation is 1. The molecule has 31 heavy (non-hydrogen) atoms. The number of halogens is 1. The van der Waals surface area contributed by atoms with E-state index in [-0.39, 0.29) is 33.7 Å². The molecule has 2 aromatic heterocycles. The first-order valence-electron chi connectivity index (χ1n) is 9.58. The summed E-state index contributed by atoms with van der Waals surface area (Å²) < 4.78 is 16.4. The molecule has 8 heteroatoms. The van der Waals surface area contributed by atoms with Gasteiger partial charge >= 0.3 is 0 Å². The molecule has 3 N–H and O–H groups in total. The Morgan fingerprint density at radius 3 is 2.65 bits per heavy atom. The maximum Gasteiger partial charge on any atom is 0.222 e. The monoisotopic (exact) mass is 414 g/mol. The molecule has 0 amide bonds. The van der Waals surface area contributed by atoms with Crippen molar-refractivity contribution in [3.8, 4) is 17.3 Å². The van der Waals surface area contributed by atoms with Gasteiger partial charge in [0, 0.05) is 18.0 Å². The lowest BCUT2D eigenvalue weighted by Gasteiger charge is -2.23. The number of para-hydroxylation sites is 1. The standard InChI is InChI=1S/C23H19FN6O/c1-13(28-22-15(11-25)12-27-23(26)29-22)18-19(14-7-4-3-5-8-14)30(2)20-16(21(18)31)9-6-10-17(20)24/h3-10,12-13H,1-2H3,(H3,26,27,28,29). The second-order valence-corrected chi connectivity index (χ2v) is 7.12. The Labute approximate surface area is 177 Å². The van der Waals surface area contributed by atoms with Gasteiger partial charge in [0.05, 0.1) is 23.4 Å². The van der Waals surface area contributed by atoms with Crippen LogP contribution in [0.15, 0.2) is 59.5 Å². The topological polar surface area (TPSA) is 110 Å². The molecule has 1 unspecified atom stereocenters. The zero-order valence-corrected chi connectivity index (χ0v) is 16.9. The summed E-state index contributed by atoms with van der Waals surface area (Å²) in [6.45, 7) is 1.79. The first kappa shape index (κ1) is 20.0. The van der Waals surface area contributed by atoms with Gasteiger partial charge in [0.1, 0.15) is 23.3 Å². The van der Waals surface area contributed by atoms with Crippen molar-refractivity contribution in [1.29, 1.82) is 5.26 Å². The summed E-state index contributed by atoms with van der Waals surface area (Å²) in [7, 11) is 1.73. The van der Waals surface area contributed by atoms with Crippen LogP contribution in [0, 0.1) is 17.1 Å². The molecule has 0 spiro atoms. The summed E-state index contributed by atoms with van der Waals surface area (Å²) in [5.74, 6) is -0.245. The Kier molecular flexibility index (Phi) is 5.09. The predicted molar refractivity (Wildman–Crippen MR) is 118 cm³/mol. The third kappa shape index (κ3) is 3.46. The average Bonchev–Trinajstić information content (AvgIpc) is 2.76. The van der Waals surface area contributed by atoms with Gasteiger partial charge in [-0.15, -0.1) is 0 Å². The lowest BCUT2D eigenvalue weighted by atomic mass is 9.97. The lowest BCUT2D eigenvalue weighted by Crippen LogP contribution is -2.24. The number of nitrogen functional groups attached to an aromatic ring is 1. The minimum Gasteiger partial charge on any atom is -0.368 e. The molecular weight excluding hydrogens is 395 g/mol. The molecule has 0 saturated carbocycles. The fourth-order valence-corrected chi connectivity index (χ4v) is 3.80. The Hall–Kier alpha value is -4.25. The molecule has 2 heterocycles. The van der Waals surface area contributed by atoms with Gasteiger partial charge in [-0.3, -0.25) is 4.79 Å². The van der Waals surface area contributed by atoms with Crippen LogP contribution < -0.4 is 16.5 Å². The molecule has 2 aromatic carbocycles. The van der Waals surface area contributed by atoms with Gasteiger partial charge in [0.2, 0.25) is 5.95 Å². The quantitative estimate of drug-likeness (QED) is 0.526. The Morgan fingerprint density at radius 2 is 1.94 bits per heavy atom. The zero-order chi connectivity index (χ0) is 22.1. The number of hydrogen-bond acceptors (Lipinski definition) is 6. The number of anilines is 2. The van der Waals surface area contributed by atoms with Crippen LogP contribution in [0.3, 0.4) is 0 Å². The predicted octanol–water partition coefficient (Wildman–Crippen LogP) is 3.76. The van der Waals surface area contributed by atoms with Crippen LogP contribution in [-0.4, -0.2) is 14.5 Å². The lowest BCUT2D eigenvalue weighted by molar-refractivity contribution is 0.630. The molecule has 0 aliphatic carbocycles. The fraction of sp³-hybridized carbons (Fsp3) is 0.130. The number of nitrogens with zero attached hydrogens (tertiary/aromatic N) is 4. The summed E-state index contributed by atoms with van der Waals surface area (Å²) >= 11 is 0. The maximum absolute atomic E-state index is 14.7. The molecular formula is C23H19FN6O. The van der Waals surface area contributed by atoms with Crippen molar-refractivity contribution < 1.29 is 4.39 Å². The molecule has 7 nitrogen and oxygen atoms in total. The summed E-state index contributed by atoms with van der Waals surface area (Å²) in [5, 5.41) is 12.8. The molecule has 4 rings (SSSR count). The van der Waals surface area contributed by atoms with Crippen molar-refractivity contribution in [1.82, 2.24) is 14.5 Å². The normalized spacial score (nSPS) is 11.8. The first-order chi connectivity index (χ1) is 14.9. The second kappa shape index (κ2) is 7.88. The van der Waals surface area contributed by atoms with E-state index in [1.807, 2.05) is 36.4 Å². The van der Waals surface area contributed by atoms with Gasteiger partial charge in [-0.2, -0.15) is 10.2 Å². The van der Waals surface area contributed by atoms with Crippen molar-refractivity contribution in [2.75, 3.05) is 11.1 Å². The van der Waals surface area contributed by atoms with E-state index < -0.39 is 11.9 Å². The number of hydrogen-bond donors (Lipinski definition) is 2. The molecule has 0 fully saturated rings. The van der Waals surface area contributed by atoms with Gasteiger partial charge in [-0.1, -0.05) is 36.4 Å². The van der Waals surface area contributed by atoms with Crippen LogP contribution in [0.1, 0.15) is 24.1 Å². The van der Waals surface area contributed by atoms with Crippen LogP contribution in [0.2, 0.25) is 0 Å². The van der Waals surface area contributed by atoms with E-state index in [4.69, 9.17) is 5.73 Å². The number of nitrogens with one attached hydrogen (secondary N) is 1. The number of rotatable bonds is 4. The smallest absolute Gasteiger partial charge is 0.222 e. The van der Waals surface area contributed by atoms with Crippen LogP contribution in [0.25, 0.3) is 22.2 Å². The molecule has 0 aliphatic heterocycles. The highest BCUT2D eigenvalue weighted by molar-refractivity contribution is 5.85. The minimum absolute atomic E-state index is 0.00506. The second-order valence-electron chi connectivity index (χ2n) is 7.12. The van der Waals surface area contributed by atoms with Crippen molar-refractivity contribution in [2.45, 2.75) is 13.0 Å². The van der Waals surface area contributed by atoms with Gasteiger partial charge in [0.25, 0.3) is 0 Å². The summed E-state index contributed by atoms with van der Waals surface area (Å²) in [6.07, 6.45) is 1.32. The van der Waals surface area contributed by atoms with Gasteiger partial charge in [-0.25, -0.2) is 9.37 Å². The number of aromatic nitrogens is 3. The van der Waals surface area contributed by atoms with E-state index >= 15 is 0 Å². The van der Waals surface area contributed by atoms with Crippen LogP contribution in [-0.2, 0) is 7.05 Å². The Morgan fingerprint density at radius 1 is 1.19 bits per heavy atom. The van der Waals surface area contributed by atoms with E-state index in [1.54, 1.807) is 24.6 Å². The molecule has 0 bridgehead atoms. The highest BCUT2D eigenvalue weighted by atomic mass is 19.1. The van der Waals surface area contributed by atoms with E-state index in [9.17, 15) is 14.4 Å². The molecule has 0 radical (unpaired) electrons. The number of nitriles is 1. The van der Waals surface area contributed by atoms with Gasteiger partial charge < -0.3 is 15.6 Å². The van der Waals surface area contributed by atoms with Crippen LogP contribution in [0.5, 0.6) is 0 Å². The maximum atomic E-state index is 14.7. The molecule has 154 valence electrons. The van der Waals surface area contributed by atoms with Gasteiger partial charge in [-0.05, 0) is 24.6 Å². The van der Waals surface area contributed by atoms with Crippen molar-refractivity contribution >= 4 is 22.7 Å². The van der Waals surface area contributed by atoms with E-state index in [0.717, 1.165) is 5.56 Å². The Balaban J connectivity index is 1.99. The van der Waals surface area contributed by atoms with Crippen molar-refractivity contribution in [3.63, 3.8) is 0 Å². The average molecular weight is 414 g/mol.